The summed E-state index contributed by atoms with van der Waals surface area (Å²) in [5.41, 5.74) is 14.3. The molecule has 0 aromatic heterocycles. The van der Waals surface area contributed by atoms with E-state index >= 15 is 0 Å². The molecule has 0 amide bonds. The van der Waals surface area contributed by atoms with E-state index in [1.54, 1.807) is 0 Å². The van der Waals surface area contributed by atoms with Crippen LogP contribution in [0.1, 0.15) is 117 Å². The Hall–Kier alpha value is -1.55. The molecule has 2 aliphatic carbocycles. The topological polar surface area (TPSA) is 190 Å². The zero-order valence-electron chi connectivity index (χ0n) is 23.5. The van der Waals surface area contributed by atoms with Crippen LogP contribution in [0.2, 0.25) is 0 Å². The zero-order chi connectivity index (χ0) is 28.5. The number of azide groups is 1. The third-order valence-corrected chi connectivity index (χ3v) is 8.04. The summed E-state index contributed by atoms with van der Waals surface area (Å²) in [4.78, 5) is 26.7. The fourth-order valence-electron chi connectivity index (χ4n) is 5.42. The lowest BCUT2D eigenvalue weighted by molar-refractivity contribution is -0.131. The first-order valence-electron chi connectivity index (χ1n) is 14.7. The number of nitrogens with two attached hydrogens (primary N) is 1. The van der Waals surface area contributed by atoms with E-state index in [9.17, 15) is 30.0 Å². The van der Waals surface area contributed by atoms with E-state index in [2.05, 4.69) is 16.9 Å². The maximum Gasteiger partial charge on any atom is 0.163 e. The van der Waals surface area contributed by atoms with Crippen molar-refractivity contribution in [2.45, 2.75) is 153 Å². The third-order valence-electron chi connectivity index (χ3n) is 8.04. The van der Waals surface area contributed by atoms with Crippen LogP contribution in [-0.4, -0.2) is 68.5 Å². The fraction of sp³-hybridized carbons (Fsp3) is 0.929. The number of nitrogens with zero attached hydrogens (tertiary/aromatic N) is 3. The normalized spacial score (nSPS) is 26.6. The van der Waals surface area contributed by atoms with Gasteiger partial charge in [0.2, 0.25) is 0 Å². The number of aliphatic hydroxyl groups is 4. The van der Waals surface area contributed by atoms with Crippen LogP contribution in [-0.2, 0) is 9.59 Å². The summed E-state index contributed by atoms with van der Waals surface area (Å²) in [5.74, 6) is -0.572. The molecular formula is C28H52N4O6. The Balaban J connectivity index is 0.000000382. The molecule has 0 heterocycles. The molecule has 0 aromatic rings. The maximum absolute atomic E-state index is 12.1. The van der Waals surface area contributed by atoms with E-state index in [1.165, 1.54) is 0 Å². The number of carbonyl (C=O) groups excluding carboxylic acids is 2. The van der Waals surface area contributed by atoms with E-state index in [-0.39, 0.29) is 42.3 Å². The summed E-state index contributed by atoms with van der Waals surface area (Å²) in [6.07, 6.45) is 9.44. The highest BCUT2D eigenvalue weighted by Crippen LogP contribution is 2.29. The summed E-state index contributed by atoms with van der Waals surface area (Å²) in [6.45, 7) is 4.05. The highest BCUT2D eigenvalue weighted by molar-refractivity contribution is 5.84. The van der Waals surface area contributed by atoms with Gasteiger partial charge >= 0.3 is 0 Å². The first-order valence-corrected chi connectivity index (χ1v) is 14.7. The van der Waals surface area contributed by atoms with Crippen molar-refractivity contribution >= 4 is 11.6 Å². The van der Waals surface area contributed by atoms with Crippen LogP contribution in [0.3, 0.4) is 0 Å². The van der Waals surface area contributed by atoms with Gasteiger partial charge in [0.15, 0.2) is 11.6 Å². The Morgan fingerprint density at radius 2 is 1.29 bits per heavy atom. The van der Waals surface area contributed by atoms with Gasteiger partial charge in [-0.1, -0.05) is 70.3 Å². The smallest absolute Gasteiger partial charge is 0.163 e. The Labute approximate surface area is 228 Å². The third kappa shape index (κ3) is 12.5. The van der Waals surface area contributed by atoms with Crippen LogP contribution in [0.4, 0.5) is 0 Å². The molecule has 0 radical (unpaired) electrons. The minimum atomic E-state index is -1.24. The minimum absolute atomic E-state index is 0.0132. The first kappa shape index (κ1) is 34.5. The Bertz CT molecular complexity index is 732. The van der Waals surface area contributed by atoms with E-state index in [1.807, 2.05) is 6.92 Å². The van der Waals surface area contributed by atoms with Crippen molar-refractivity contribution in [2.24, 2.45) is 22.7 Å². The Kier molecular flexibility index (Phi) is 17.7. The van der Waals surface area contributed by atoms with Crippen LogP contribution in [0, 0.1) is 11.8 Å². The molecule has 6 N–H and O–H groups in total. The van der Waals surface area contributed by atoms with Gasteiger partial charge in [-0.3, -0.25) is 9.59 Å². The van der Waals surface area contributed by atoms with Crippen molar-refractivity contribution in [3.8, 4) is 0 Å². The number of hydrogen-bond acceptors (Lipinski definition) is 8. The van der Waals surface area contributed by atoms with Crippen molar-refractivity contribution < 1.29 is 30.0 Å². The van der Waals surface area contributed by atoms with Gasteiger partial charge in [-0.15, -0.1) is 0 Å². The monoisotopic (exact) mass is 540 g/mol. The number of ketones is 2. The van der Waals surface area contributed by atoms with Crippen LogP contribution >= 0.6 is 0 Å². The molecule has 2 rings (SSSR count). The van der Waals surface area contributed by atoms with Gasteiger partial charge in [-0.05, 0) is 55.9 Å². The molecule has 10 nitrogen and oxygen atoms in total. The second-order valence-corrected chi connectivity index (χ2v) is 11.2. The van der Waals surface area contributed by atoms with Gasteiger partial charge in [0, 0.05) is 23.8 Å². The molecule has 38 heavy (non-hydrogen) atoms. The SMILES string of the molecule is CCCC[C@H](N)[C@H](O)C(=O)C[C@H]1CCCC[C@@H]1O.CCCC[C@H](N=[N+]=[N-])[C@H](O)C(=O)C[C@H]1CCCC[C@@H]1O. The molecule has 0 aromatic carbocycles. The van der Waals surface area contributed by atoms with Gasteiger partial charge < -0.3 is 26.2 Å². The number of aliphatic hydroxyl groups excluding tert-OH is 4. The molecule has 10 heteroatoms. The molecule has 0 aliphatic heterocycles. The predicted molar refractivity (Wildman–Crippen MR) is 147 cm³/mol. The lowest BCUT2D eigenvalue weighted by Crippen LogP contribution is -2.42. The minimum Gasteiger partial charge on any atom is -0.393 e. The lowest BCUT2D eigenvalue weighted by Gasteiger charge is -2.28. The molecule has 0 spiro atoms. The zero-order valence-corrected chi connectivity index (χ0v) is 23.5. The molecular weight excluding hydrogens is 488 g/mol. The number of Topliss-reactive ketones (excluding diaryl/α,β-unsaturated/α-hetero) is 2. The molecule has 0 bridgehead atoms. The molecule has 2 fully saturated rings. The van der Waals surface area contributed by atoms with Gasteiger partial charge in [0.05, 0.1) is 18.2 Å². The molecule has 0 saturated heterocycles. The van der Waals surface area contributed by atoms with Crippen LogP contribution < -0.4 is 5.73 Å². The lowest BCUT2D eigenvalue weighted by atomic mass is 9.82. The standard InChI is InChI=1S/C14H25N3O3.C14H27NO3/c1-2-3-7-11(16-17-15)14(20)13(19)9-10-6-4-5-8-12(10)18;1-2-3-7-11(15)14(18)13(17)9-10-6-4-5-8-12(10)16/h10-12,14,18,20H,2-9H2,1H3;10-12,14,16,18H,2-9,15H2,1H3/t2*10-,11+,12+,14+/m11/s1. The van der Waals surface area contributed by atoms with E-state index in [4.69, 9.17) is 11.3 Å². The van der Waals surface area contributed by atoms with Crippen LogP contribution in [0.15, 0.2) is 5.11 Å². The molecule has 220 valence electrons. The fourth-order valence-corrected chi connectivity index (χ4v) is 5.42. The maximum atomic E-state index is 12.1. The van der Waals surface area contributed by atoms with Crippen molar-refractivity contribution in [3.63, 3.8) is 0 Å². The van der Waals surface area contributed by atoms with Crippen molar-refractivity contribution in [3.05, 3.63) is 10.4 Å². The second kappa shape index (κ2) is 19.5. The molecule has 0 unspecified atom stereocenters. The van der Waals surface area contributed by atoms with E-state index in [0.29, 0.717) is 12.8 Å². The summed E-state index contributed by atoms with van der Waals surface area (Å²) in [6, 6.07) is -1.15. The van der Waals surface area contributed by atoms with Gasteiger partial charge in [0.1, 0.15) is 12.2 Å². The largest absolute Gasteiger partial charge is 0.393 e. The average molecular weight is 541 g/mol. The van der Waals surface area contributed by atoms with Crippen molar-refractivity contribution in [1.82, 2.24) is 0 Å². The van der Waals surface area contributed by atoms with Crippen LogP contribution in [0.25, 0.3) is 10.4 Å². The quantitative estimate of drug-likeness (QED) is 0.117. The van der Waals surface area contributed by atoms with Gasteiger partial charge in [-0.2, -0.15) is 0 Å². The molecule has 2 saturated carbocycles. The molecule has 8 atom stereocenters. The number of hydrogen-bond donors (Lipinski definition) is 5. The van der Waals surface area contributed by atoms with Crippen molar-refractivity contribution in [2.75, 3.05) is 0 Å². The second-order valence-electron chi connectivity index (χ2n) is 11.2. The van der Waals surface area contributed by atoms with Crippen molar-refractivity contribution in [1.29, 1.82) is 0 Å². The highest BCUT2D eigenvalue weighted by Gasteiger charge is 2.31. The number of unbranched alkanes of at least 4 members (excludes halogenated alkanes) is 2. The first-order chi connectivity index (χ1) is 18.2. The number of carbonyl (C=O) groups is 2. The van der Waals surface area contributed by atoms with Crippen LogP contribution in [0.5, 0.6) is 0 Å². The average Bonchev–Trinajstić information content (AvgIpc) is 2.91. The van der Waals surface area contributed by atoms with E-state index < -0.39 is 30.4 Å². The number of rotatable bonds is 15. The predicted octanol–water partition coefficient (Wildman–Crippen LogP) is 4.10. The summed E-state index contributed by atoms with van der Waals surface area (Å²) >= 11 is 0. The van der Waals surface area contributed by atoms with Gasteiger partial charge in [-0.25, -0.2) is 0 Å². The Morgan fingerprint density at radius 3 is 1.74 bits per heavy atom. The highest BCUT2D eigenvalue weighted by atomic mass is 16.3. The summed E-state index contributed by atoms with van der Waals surface area (Å²) in [5, 5.41) is 43.2. The Morgan fingerprint density at radius 1 is 0.842 bits per heavy atom. The summed E-state index contributed by atoms with van der Waals surface area (Å²) < 4.78 is 0. The summed E-state index contributed by atoms with van der Waals surface area (Å²) in [7, 11) is 0. The van der Waals surface area contributed by atoms with E-state index in [0.717, 1.165) is 77.0 Å². The van der Waals surface area contributed by atoms with Gasteiger partial charge in [0.25, 0.3) is 0 Å². The molecule has 2 aliphatic rings.